The van der Waals surface area contributed by atoms with Gasteiger partial charge in [0.05, 0.1) is 10.5 Å². The molecule has 11 heteroatoms. The van der Waals surface area contributed by atoms with Crippen molar-refractivity contribution in [3.63, 3.8) is 0 Å². The number of hydrogen-bond donors (Lipinski definition) is 0. The molecular formula is C19H20N2O8S. The number of amides is 1. The Morgan fingerprint density at radius 2 is 1.70 bits per heavy atom. The zero-order valence-corrected chi connectivity index (χ0v) is 17.5. The van der Waals surface area contributed by atoms with E-state index in [1.54, 1.807) is 0 Å². The van der Waals surface area contributed by atoms with E-state index in [9.17, 15) is 28.1 Å². The fourth-order valence-electron chi connectivity index (χ4n) is 2.43. The molecule has 1 unspecified atom stereocenters. The van der Waals surface area contributed by atoms with Crippen LogP contribution in [0.15, 0.2) is 47.4 Å². The summed E-state index contributed by atoms with van der Waals surface area (Å²) in [4.78, 5) is 35.1. The van der Waals surface area contributed by atoms with Crippen molar-refractivity contribution < 1.29 is 31.9 Å². The number of carbonyl (C=O) groups is 2. The molecule has 0 aliphatic rings. The lowest BCUT2D eigenvalue weighted by Crippen LogP contribution is -2.34. The third-order valence-electron chi connectivity index (χ3n) is 4.02. The lowest BCUT2D eigenvalue weighted by Gasteiger charge is -2.17. The van der Waals surface area contributed by atoms with Gasteiger partial charge in [0.25, 0.3) is 11.6 Å². The SMILES string of the molecule is Cc1ccc([N+](=O)[O-])cc1S(=O)(=O)Oc1ccc(C(=O)OC(C)C(=O)N(C)C)cc1. The molecule has 0 spiro atoms. The minimum atomic E-state index is -4.34. The second-order valence-electron chi connectivity index (χ2n) is 6.55. The van der Waals surface area contributed by atoms with Crippen molar-refractivity contribution in [3.05, 3.63) is 63.7 Å². The Morgan fingerprint density at radius 3 is 2.23 bits per heavy atom. The third kappa shape index (κ3) is 5.32. The zero-order chi connectivity index (χ0) is 22.6. The zero-order valence-electron chi connectivity index (χ0n) is 16.7. The van der Waals surface area contributed by atoms with Crippen molar-refractivity contribution in [3.8, 4) is 5.75 Å². The number of nitro groups is 1. The highest BCUT2D eigenvalue weighted by Crippen LogP contribution is 2.25. The maximum absolute atomic E-state index is 12.5. The van der Waals surface area contributed by atoms with Gasteiger partial charge >= 0.3 is 16.1 Å². The quantitative estimate of drug-likeness (QED) is 0.279. The number of hydrogen-bond acceptors (Lipinski definition) is 8. The van der Waals surface area contributed by atoms with Gasteiger partial charge in [-0.25, -0.2) is 4.79 Å². The van der Waals surface area contributed by atoms with E-state index in [2.05, 4.69) is 0 Å². The van der Waals surface area contributed by atoms with Gasteiger partial charge in [0.2, 0.25) is 0 Å². The summed E-state index contributed by atoms with van der Waals surface area (Å²) < 4.78 is 35.1. The predicted octanol–water partition coefficient (Wildman–Crippen LogP) is 2.30. The maximum Gasteiger partial charge on any atom is 0.339 e. The van der Waals surface area contributed by atoms with E-state index < -0.39 is 27.1 Å². The summed E-state index contributed by atoms with van der Waals surface area (Å²) in [7, 11) is -1.28. The van der Waals surface area contributed by atoms with Gasteiger partial charge in [0.15, 0.2) is 6.10 Å². The second-order valence-corrected chi connectivity index (χ2v) is 8.06. The lowest BCUT2D eigenvalue weighted by molar-refractivity contribution is -0.385. The molecule has 0 aliphatic carbocycles. The molecule has 0 bridgehead atoms. The second kappa shape index (κ2) is 8.91. The van der Waals surface area contributed by atoms with Crippen LogP contribution < -0.4 is 4.18 Å². The number of benzene rings is 2. The highest BCUT2D eigenvalue weighted by atomic mass is 32.2. The molecule has 10 nitrogen and oxygen atoms in total. The van der Waals surface area contributed by atoms with Crippen molar-refractivity contribution in [1.29, 1.82) is 0 Å². The highest BCUT2D eigenvalue weighted by Gasteiger charge is 2.24. The number of rotatable bonds is 7. The number of nitro benzene ring substituents is 1. The molecule has 30 heavy (non-hydrogen) atoms. The minimum Gasteiger partial charge on any atom is -0.449 e. The first-order chi connectivity index (χ1) is 13.9. The average molecular weight is 436 g/mol. The molecule has 0 saturated heterocycles. The standard InChI is InChI=1S/C19H20N2O8S/c1-12-5-8-15(21(24)25)11-17(12)30(26,27)29-16-9-6-14(7-10-16)19(23)28-13(2)18(22)20(3)4/h5-11,13H,1-4H3. The molecule has 0 aromatic heterocycles. The lowest BCUT2D eigenvalue weighted by atomic mass is 10.2. The van der Waals surface area contributed by atoms with E-state index >= 15 is 0 Å². The van der Waals surface area contributed by atoms with E-state index in [0.717, 1.165) is 6.07 Å². The Bertz CT molecular complexity index is 1080. The van der Waals surface area contributed by atoms with Gasteiger partial charge in [0.1, 0.15) is 10.6 Å². The van der Waals surface area contributed by atoms with E-state index in [0.29, 0.717) is 0 Å². The monoisotopic (exact) mass is 436 g/mol. The minimum absolute atomic E-state index is 0.0877. The molecule has 160 valence electrons. The molecule has 0 saturated carbocycles. The number of likely N-dealkylation sites (N-methyl/N-ethyl adjacent to an activating group) is 1. The molecule has 0 radical (unpaired) electrons. The van der Waals surface area contributed by atoms with Gasteiger partial charge in [0, 0.05) is 26.2 Å². The van der Waals surface area contributed by atoms with Crippen LogP contribution in [0.4, 0.5) is 5.69 Å². The van der Waals surface area contributed by atoms with Gasteiger partial charge in [-0.2, -0.15) is 8.42 Å². The number of non-ortho nitro benzene ring substituents is 1. The summed E-state index contributed by atoms with van der Waals surface area (Å²) in [5.41, 5.74) is -0.0210. The van der Waals surface area contributed by atoms with Crippen molar-refractivity contribution in [2.45, 2.75) is 24.8 Å². The highest BCUT2D eigenvalue weighted by molar-refractivity contribution is 7.87. The van der Waals surface area contributed by atoms with E-state index in [1.807, 2.05) is 0 Å². The molecule has 2 rings (SSSR count). The Balaban J connectivity index is 2.17. The molecule has 0 fully saturated rings. The van der Waals surface area contributed by atoms with Crippen molar-refractivity contribution in [1.82, 2.24) is 4.90 Å². The van der Waals surface area contributed by atoms with Crippen molar-refractivity contribution >= 4 is 27.7 Å². The third-order valence-corrected chi connectivity index (χ3v) is 5.41. The van der Waals surface area contributed by atoms with Gasteiger partial charge in [-0.05, 0) is 43.7 Å². The summed E-state index contributed by atoms with van der Waals surface area (Å²) in [6, 6.07) is 8.44. The number of esters is 1. The molecule has 1 atom stereocenters. The number of aryl methyl sites for hydroxylation is 1. The fourth-order valence-corrected chi connectivity index (χ4v) is 3.61. The average Bonchev–Trinajstić information content (AvgIpc) is 2.67. The summed E-state index contributed by atoms with van der Waals surface area (Å²) in [5, 5.41) is 10.9. The van der Waals surface area contributed by atoms with E-state index in [4.69, 9.17) is 8.92 Å². The maximum atomic E-state index is 12.5. The normalized spacial score (nSPS) is 12.0. The fraction of sp³-hybridized carbons (Fsp3) is 0.263. The molecule has 0 heterocycles. The molecule has 0 aliphatic heterocycles. The Morgan fingerprint density at radius 1 is 1.10 bits per heavy atom. The largest absolute Gasteiger partial charge is 0.449 e. The first-order valence-electron chi connectivity index (χ1n) is 8.64. The van der Waals surface area contributed by atoms with Crippen LogP contribution in [0.1, 0.15) is 22.8 Å². The van der Waals surface area contributed by atoms with Crippen LogP contribution in [0.25, 0.3) is 0 Å². The predicted molar refractivity (Wildman–Crippen MR) is 106 cm³/mol. The molecule has 2 aromatic rings. The molecular weight excluding hydrogens is 416 g/mol. The van der Waals surface area contributed by atoms with E-state index in [-0.39, 0.29) is 33.4 Å². The van der Waals surface area contributed by atoms with Crippen LogP contribution in [0.2, 0.25) is 0 Å². The summed E-state index contributed by atoms with van der Waals surface area (Å²) in [6.07, 6.45) is -0.986. The summed E-state index contributed by atoms with van der Waals surface area (Å²) >= 11 is 0. The van der Waals surface area contributed by atoms with Gasteiger partial charge < -0.3 is 13.8 Å². The van der Waals surface area contributed by atoms with Crippen LogP contribution in [0.3, 0.4) is 0 Å². The van der Waals surface area contributed by atoms with Crippen LogP contribution in [-0.4, -0.2) is 50.3 Å². The first-order valence-corrected chi connectivity index (χ1v) is 10.0. The van der Waals surface area contributed by atoms with Crippen LogP contribution in [-0.2, 0) is 19.6 Å². The summed E-state index contributed by atoms with van der Waals surface area (Å²) in [6.45, 7) is 2.92. The van der Waals surface area contributed by atoms with E-state index in [1.165, 1.54) is 69.2 Å². The van der Waals surface area contributed by atoms with Crippen LogP contribution >= 0.6 is 0 Å². The Labute approximate surface area is 173 Å². The Hall–Kier alpha value is -3.47. The van der Waals surface area contributed by atoms with Gasteiger partial charge in [-0.15, -0.1) is 0 Å². The first kappa shape index (κ1) is 22.8. The summed E-state index contributed by atoms with van der Waals surface area (Å²) in [5.74, 6) is -1.25. The van der Waals surface area contributed by atoms with Crippen LogP contribution in [0, 0.1) is 17.0 Å². The van der Waals surface area contributed by atoms with Gasteiger partial charge in [-0.3, -0.25) is 14.9 Å². The number of nitrogens with zero attached hydrogens (tertiary/aromatic N) is 2. The Kier molecular flexibility index (Phi) is 6.77. The molecule has 1 amide bonds. The van der Waals surface area contributed by atoms with Crippen LogP contribution in [0.5, 0.6) is 5.75 Å². The van der Waals surface area contributed by atoms with Gasteiger partial charge in [-0.1, -0.05) is 6.07 Å². The number of ether oxygens (including phenoxy) is 1. The molecule has 2 aromatic carbocycles. The topological polar surface area (TPSA) is 133 Å². The van der Waals surface area contributed by atoms with Crippen molar-refractivity contribution in [2.24, 2.45) is 0 Å². The molecule has 0 N–H and O–H groups in total. The smallest absolute Gasteiger partial charge is 0.339 e. The van der Waals surface area contributed by atoms with Crippen molar-refractivity contribution in [2.75, 3.05) is 14.1 Å². The number of carbonyl (C=O) groups excluding carboxylic acids is 2.